The molecule has 0 amide bonds. The fourth-order valence-corrected chi connectivity index (χ4v) is 7.49. The zero-order chi connectivity index (χ0) is 17.6. The largest absolute Gasteiger partial charge is 0.458 e. The average Bonchev–Trinajstić information content (AvgIpc) is 2.96. The van der Waals surface area contributed by atoms with Gasteiger partial charge in [0.1, 0.15) is 18.0 Å². The molecule has 1 heterocycles. The molecule has 0 aromatic rings. The smallest absolute Gasteiger partial charge is 0.312 e. The van der Waals surface area contributed by atoms with Gasteiger partial charge in [-0.25, -0.2) is 0 Å². The van der Waals surface area contributed by atoms with E-state index >= 15 is 0 Å². The normalized spacial score (nSPS) is 53.0. The minimum Gasteiger partial charge on any atom is -0.458 e. The Labute approximate surface area is 147 Å². The van der Waals surface area contributed by atoms with Crippen molar-refractivity contribution in [1.82, 2.24) is 0 Å². The van der Waals surface area contributed by atoms with Gasteiger partial charge in [-0.1, -0.05) is 6.42 Å². The summed E-state index contributed by atoms with van der Waals surface area (Å²) in [7, 11) is 0. The lowest BCUT2D eigenvalue weighted by Gasteiger charge is -2.58. The molecule has 0 unspecified atom stereocenters. The van der Waals surface area contributed by atoms with E-state index in [0.29, 0.717) is 24.0 Å². The van der Waals surface area contributed by atoms with Crippen molar-refractivity contribution in [2.75, 3.05) is 0 Å². The van der Waals surface area contributed by atoms with Crippen LogP contribution in [-0.2, 0) is 23.9 Å². The number of ether oxygens (including phenoxy) is 2. The van der Waals surface area contributed by atoms with Crippen LogP contribution in [-0.4, -0.2) is 29.9 Å². The Kier molecular flexibility index (Phi) is 3.08. The van der Waals surface area contributed by atoms with E-state index in [-0.39, 0.29) is 35.3 Å². The van der Waals surface area contributed by atoms with Gasteiger partial charge in [0.25, 0.3) is 0 Å². The minimum absolute atomic E-state index is 0.109. The average molecular weight is 346 g/mol. The molecule has 5 nitrogen and oxygen atoms in total. The topological polar surface area (TPSA) is 69.7 Å². The van der Waals surface area contributed by atoms with E-state index in [1.807, 2.05) is 6.92 Å². The molecule has 0 aromatic carbocycles. The molecule has 1 aliphatic heterocycles. The second-order valence-electron chi connectivity index (χ2n) is 9.36. The Morgan fingerprint density at radius 2 is 2.04 bits per heavy atom. The van der Waals surface area contributed by atoms with Gasteiger partial charge in [-0.2, -0.15) is 0 Å². The van der Waals surface area contributed by atoms with Gasteiger partial charge in [-0.3, -0.25) is 14.4 Å². The van der Waals surface area contributed by atoms with E-state index in [4.69, 9.17) is 9.47 Å². The van der Waals surface area contributed by atoms with Crippen molar-refractivity contribution in [3.63, 3.8) is 0 Å². The Morgan fingerprint density at radius 1 is 1.24 bits per heavy atom. The quantitative estimate of drug-likeness (QED) is 0.683. The highest BCUT2D eigenvalue weighted by Crippen LogP contribution is 2.69. The third-order valence-electron chi connectivity index (χ3n) is 8.32. The summed E-state index contributed by atoms with van der Waals surface area (Å²) in [6, 6.07) is 0. The first kappa shape index (κ1) is 15.8. The number of ketones is 1. The summed E-state index contributed by atoms with van der Waals surface area (Å²) < 4.78 is 11.7. The molecule has 5 rings (SSSR count). The number of Topliss-reactive ketones (excluding diaryl/α,β-unsaturated/α-hetero) is 1. The maximum absolute atomic E-state index is 12.7. The molecule has 8 atom stereocenters. The molecule has 0 N–H and O–H groups in total. The van der Waals surface area contributed by atoms with Crippen LogP contribution < -0.4 is 0 Å². The first-order chi connectivity index (χ1) is 11.9. The molecule has 25 heavy (non-hydrogen) atoms. The number of esters is 2. The van der Waals surface area contributed by atoms with E-state index < -0.39 is 11.5 Å². The summed E-state index contributed by atoms with van der Waals surface area (Å²) in [4.78, 5) is 37.2. The Morgan fingerprint density at radius 3 is 2.80 bits per heavy atom. The molecule has 1 saturated heterocycles. The van der Waals surface area contributed by atoms with Gasteiger partial charge >= 0.3 is 11.9 Å². The summed E-state index contributed by atoms with van der Waals surface area (Å²) in [5.41, 5.74) is -0.757. The van der Waals surface area contributed by atoms with Crippen molar-refractivity contribution >= 4 is 17.7 Å². The maximum atomic E-state index is 12.7. The number of fused-ring (bicyclic) bond motifs is 2. The highest BCUT2D eigenvalue weighted by Gasteiger charge is 2.73. The summed E-state index contributed by atoms with van der Waals surface area (Å²) in [5.74, 6) is 0.877. The molecule has 136 valence electrons. The van der Waals surface area contributed by atoms with Gasteiger partial charge in [-0.15, -0.1) is 0 Å². The summed E-state index contributed by atoms with van der Waals surface area (Å²) in [5, 5.41) is 0. The zero-order valence-corrected chi connectivity index (χ0v) is 15.0. The molecule has 2 bridgehead atoms. The minimum atomic E-state index is -0.451. The van der Waals surface area contributed by atoms with Gasteiger partial charge in [-0.05, 0) is 50.9 Å². The van der Waals surface area contributed by atoms with Crippen LogP contribution in [0.1, 0.15) is 58.8 Å². The predicted molar refractivity (Wildman–Crippen MR) is 87.3 cm³/mol. The van der Waals surface area contributed by atoms with Gasteiger partial charge in [0.15, 0.2) is 0 Å². The number of hydrogen-bond donors (Lipinski definition) is 0. The lowest BCUT2D eigenvalue weighted by Crippen LogP contribution is -2.62. The second kappa shape index (κ2) is 4.86. The summed E-state index contributed by atoms with van der Waals surface area (Å²) >= 11 is 0. The zero-order valence-electron chi connectivity index (χ0n) is 15.0. The highest BCUT2D eigenvalue weighted by molar-refractivity contribution is 5.85. The monoisotopic (exact) mass is 346 g/mol. The Hall–Kier alpha value is -1.39. The number of hydrogen-bond acceptors (Lipinski definition) is 5. The van der Waals surface area contributed by atoms with E-state index in [2.05, 4.69) is 0 Å². The van der Waals surface area contributed by atoms with Crippen LogP contribution in [0.3, 0.4) is 0 Å². The van der Waals surface area contributed by atoms with Gasteiger partial charge < -0.3 is 9.47 Å². The van der Waals surface area contributed by atoms with Crippen LogP contribution in [0.15, 0.2) is 0 Å². The SMILES string of the molecule is CC(=O)O[C@@H]1[C@@H]2OC(=O)[C@]3(C)CCC[C@H]([C@H]23)[C@@H]2CC[C@H]3C[C@@]12CC3=O. The van der Waals surface area contributed by atoms with Crippen molar-refractivity contribution in [2.45, 2.75) is 71.0 Å². The molecular formula is C20H26O5. The van der Waals surface area contributed by atoms with Crippen LogP contribution in [0, 0.1) is 34.5 Å². The van der Waals surface area contributed by atoms with Crippen LogP contribution in [0.2, 0.25) is 0 Å². The van der Waals surface area contributed by atoms with Crippen LogP contribution >= 0.6 is 0 Å². The van der Waals surface area contributed by atoms with Crippen molar-refractivity contribution in [2.24, 2.45) is 34.5 Å². The molecule has 4 aliphatic carbocycles. The molecule has 5 heteroatoms. The van der Waals surface area contributed by atoms with E-state index in [0.717, 1.165) is 38.5 Å². The molecular weight excluding hydrogens is 320 g/mol. The van der Waals surface area contributed by atoms with Crippen molar-refractivity contribution in [1.29, 1.82) is 0 Å². The standard InChI is InChI=1S/C20H26O5/c1-10(21)24-17-16-15-12(4-3-7-19(15,2)18(23)25-16)13-6-5-11-8-20(13,17)9-14(11)22/h11-13,15-17H,3-9H2,1-2H3/t11-,12-,13-,15+,16+,17+,19+,20-/m0/s1. The summed E-state index contributed by atoms with van der Waals surface area (Å²) in [6.45, 7) is 3.46. The Balaban J connectivity index is 1.65. The van der Waals surface area contributed by atoms with Crippen LogP contribution in [0.4, 0.5) is 0 Å². The molecule has 5 fully saturated rings. The van der Waals surface area contributed by atoms with Crippen molar-refractivity contribution < 1.29 is 23.9 Å². The number of rotatable bonds is 1. The van der Waals surface area contributed by atoms with Gasteiger partial charge in [0, 0.05) is 30.6 Å². The number of carbonyl (C=O) groups is 3. The van der Waals surface area contributed by atoms with Crippen LogP contribution in [0.25, 0.3) is 0 Å². The Bertz CT molecular complexity index is 671. The van der Waals surface area contributed by atoms with Crippen molar-refractivity contribution in [3.05, 3.63) is 0 Å². The third-order valence-corrected chi connectivity index (χ3v) is 8.32. The molecule has 0 aromatic heterocycles. The fraction of sp³-hybridized carbons (Fsp3) is 0.850. The summed E-state index contributed by atoms with van der Waals surface area (Å²) in [6.07, 6.45) is 5.47. The molecule has 4 saturated carbocycles. The number of carbonyl (C=O) groups excluding carboxylic acids is 3. The van der Waals surface area contributed by atoms with Crippen LogP contribution in [0.5, 0.6) is 0 Å². The lowest BCUT2D eigenvalue weighted by molar-refractivity contribution is -0.208. The maximum Gasteiger partial charge on any atom is 0.312 e. The highest BCUT2D eigenvalue weighted by atomic mass is 16.6. The predicted octanol–water partition coefficient (Wildman–Crippen LogP) is 2.66. The fourth-order valence-electron chi connectivity index (χ4n) is 7.49. The van der Waals surface area contributed by atoms with E-state index in [1.165, 1.54) is 6.92 Å². The first-order valence-electron chi connectivity index (χ1n) is 9.78. The van der Waals surface area contributed by atoms with Crippen molar-refractivity contribution in [3.8, 4) is 0 Å². The van der Waals surface area contributed by atoms with E-state index in [1.54, 1.807) is 0 Å². The first-order valence-corrected chi connectivity index (χ1v) is 9.78. The van der Waals surface area contributed by atoms with E-state index in [9.17, 15) is 14.4 Å². The third kappa shape index (κ3) is 1.82. The van der Waals surface area contributed by atoms with Gasteiger partial charge in [0.2, 0.25) is 0 Å². The van der Waals surface area contributed by atoms with Gasteiger partial charge in [0.05, 0.1) is 5.41 Å². The second-order valence-corrected chi connectivity index (χ2v) is 9.36. The molecule has 1 spiro atoms. The molecule has 5 aliphatic rings. The lowest BCUT2D eigenvalue weighted by atomic mass is 9.46. The molecule has 0 radical (unpaired) electrons.